The Bertz CT molecular complexity index is 751. The number of ether oxygens (including phenoxy) is 5. The van der Waals surface area contributed by atoms with Crippen LogP contribution >= 0.6 is 19.4 Å². The average Bonchev–Trinajstić information content (AvgIpc) is 2.98. The first kappa shape index (κ1) is 44.2. The van der Waals surface area contributed by atoms with E-state index in [9.17, 15) is 14.2 Å². The smallest absolute Gasteiger partial charge is 0.327 e. The van der Waals surface area contributed by atoms with Gasteiger partial charge in [-0.25, -0.2) is 0 Å². The lowest BCUT2D eigenvalue weighted by Crippen LogP contribution is -2.44. The highest BCUT2D eigenvalue weighted by Gasteiger charge is 2.16. The fraction of sp³-hybridized carbons (Fsp3) is 0.933. The summed E-state index contributed by atoms with van der Waals surface area (Å²) in [6.07, 6.45) is 12.4. The normalized spacial score (nSPS) is 13.1. The number of amides is 2. The van der Waals surface area contributed by atoms with E-state index in [-0.39, 0.29) is 37.2 Å². The van der Waals surface area contributed by atoms with Crippen LogP contribution in [0.5, 0.6) is 0 Å². The van der Waals surface area contributed by atoms with E-state index in [2.05, 4.69) is 17.6 Å². The van der Waals surface area contributed by atoms with Crippen molar-refractivity contribution >= 4 is 31.2 Å². The summed E-state index contributed by atoms with van der Waals surface area (Å²) < 4.78 is 37.7. The lowest BCUT2D eigenvalue weighted by atomic mass is 10.1. The highest BCUT2D eigenvalue weighted by Crippen LogP contribution is 2.33. The van der Waals surface area contributed by atoms with Crippen molar-refractivity contribution in [1.29, 1.82) is 0 Å². The van der Waals surface area contributed by atoms with Crippen molar-refractivity contribution in [3.05, 3.63) is 0 Å². The van der Waals surface area contributed by atoms with Crippen molar-refractivity contribution < 1.29 is 47.6 Å². The molecular weight excluding hydrogens is 625 g/mol. The Morgan fingerprint density at radius 3 is 1.78 bits per heavy atom. The van der Waals surface area contributed by atoms with Gasteiger partial charge in [0.2, 0.25) is 11.8 Å². The number of thioether (sulfide) groups is 1. The third-order valence-corrected chi connectivity index (χ3v) is 8.51. The second kappa shape index (κ2) is 31.8. The van der Waals surface area contributed by atoms with Gasteiger partial charge in [-0.15, -0.1) is 0 Å². The maximum absolute atomic E-state index is 12.3. The average molecular weight is 688 g/mol. The monoisotopic (exact) mass is 687 g/mol. The van der Waals surface area contributed by atoms with E-state index in [1.165, 1.54) is 76.5 Å². The molecule has 13 nitrogen and oxygen atoms in total. The summed E-state index contributed by atoms with van der Waals surface area (Å²) >= 11 is 1.51. The fourth-order valence-corrected chi connectivity index (χ4v) is 5.44. The molecule has 0 heterocycles. The van der Waals surface area contributed by atoms with E-state index in [4.69, 9.17) is 39.2 Å². The van der Waals surface area contributed by atoms with Gasteiger partial charge in [0.25, 0.3) is 0 Å². The molecule has 0 spiro atoms. The molecule has 2 atom stereocenters. The fourth-order valence-electron chi connectivity index (χ4n) is 4.07. The quantitative estimate of drug-likeness (QED) is 0.0493. The predicted octanol–water partition coefficient (Wildman–Crippen LogP) is 2.85. The summed E-state index contributed by atoms with van der Waals surface area (Å²) in [5, 5.41) is 5.69. The molecule has 0 aromatic rings. The van der Waals surface area contributed by atoms with Crippen molar-refractivity contribution in [3.8, 4) is 0 Å². The zero-order chi connectivity index (χ0) is 33.4. The Labute approximate surface area is 275 Å². The standard InChI is InChI=1S/C30H62N3O10PS/c1-3-4-5-6-7-8-9-10-11-12-14-43-24-28(33-27(2)34)25-45-26-29(31)30(35)32-13-15-39-16-17-40-18-19-41-20-21-42-22-23-44(36,37)38/h28-29H,3-26,31H2,1-2H3,(H,32,35)(H,33,34)(H2,36,37,38)/t28-,29+/m1/s1. The highest BCUT2D eigenvalue weighted by atomic mass is 32.2. The zero-order valence-electron chi connectivity index (χ0n) is 27.7. The van der Waals surface area contributed by atoms with Crippen LogP contribution < -0.4 is 16.4 Å². The molecule has 0 bridgehead atoms. The summed E-state index contributed by atoms with van der Waals surface area (Å²) in [4.78, 5) is 41.3. The van der Waals surface area contributed by atoms with Crippen LogP contribution in [0.25, 0.3) is 0 Å². The highest BCUT2D eigenvalue weighted by molar-refractivity contribution is 7.99. The molecule has 0 saturated heterocycles. The molecule has 15 heteroatoms. The third-order valence-electron chi connectivity index (χ3n) is 6.51. The predicted molar refractivity (Wildman–Crippen MR) is 179 cm³/mol. The minimum absolute atomic E-state index is 0.0113. The van der Waals surface area contributed by atoms with Crippen molar-refractivity contribution in [2.75, 3.05) is 90.3 Å². The van der Waals surface area contributed by atoms with Crippen LogP contribution in [0, 0.1) is 0 Å². The van der Waals surface area contributed by atoms with Crippen LogP contribution in [0.15, 0.2) is 0 Å². The van der Waals surface area contributed by atoms with Gasteiger partial charge in [-0.2, -0.15) is 11.8 Å². The molecule has 0 rings (SSSR count). The summed E-state index contributed by atoms with van der Waals surface area (Å²) in [6.45, 7) is 7.58. The van der Waals surface area contributed by atoms with E-state index in [1.54, 1.807) is 0 Å². The molecule has 0 fully saturated rings. The molecule has 0 saturated carbocycles. The van der Waals surface area contributed by atoms with E-state index in [0.29, 0.717) is 70.9 Å². The van der Waals surface area contributed by atoms with Crippen LogP contribution in [0.4, 0.5) is 0 Å². The van der Waals surface area contributed by atoms with Crippen LogP contribution in [0.1, 0.15) is 78.1 Å². The molecule has 2 amide bonds. The summed E-state index contributed by atoms with van der Waals surface area (Å²) in [5.74, 6) is 0.680. The summed E-state index contributed by atoms with van der Waals surface area (Å²) in [6, 6.07) is -0.796. The second-order valence-corrected chi connectivity index (χ2v) is 13.8. The molecule has 0 aromatic carbocycles. The topological polar surface area (TPSA) is 188 Å². The Morgan fingerprint density at radius 1 is 0.733 bits per heavy atom. The van der Waals surface area contributed by atoms with Gasteiger partial charge in [0.1, 0.15) is 0 Å². The molecule has 0 aromatic heterocycles. The molecule has 6 N–H and O–H groups in total. The van der Waals surface area contributed by atoms with Crippen molar-refractivity contribution in [3.63, 3.8) is 0 Å². The molecule has 0 aliphatic heterocycles. The van der Waals surface area contributed by atoms with E-state index < -0.39 is 13.6 Å². The largest absolute Gasteiger partial charge is 0.379 e. The Hall–Kier alpha value is -0.800. The van der Waals surface area contributed by atoms with Gasteiger partial charge in [0.05, 0.1) is 77.7 Å². The third kappa shape index (κ3) is 34.4. The van der Waals surface area contributed by atoms with Gasteiger partial charge in [-0.05, 0) is 6.42 Å². The first-order chi connectivity index (χ1) is 21.7. The van der Waals surface area contributed by atoms with E-state index in [1.807, 2.05) is 0 Å². The lowest BCUT2D eigenvalue weighted by Gasteiger charge is -2.19. The Kier molecular flexibility index (Phi) is 31.2. The molecule has 268 valence electrons. The molecule has 0 aliphatic carbocycles. The minimum atomic E-state index is -4.02. The molecule has 0 radical (unpaired) electrons. The number of hydrogen-bond acceptors (Lipinski definition) is 10. The molecule has 0 unspecified atom stereocenters. The van der Waals surface area contributed by atoms with Gasteiger partial charge in [-0.1, -0.05) is 64.7 Å². The van der Waals surface area contributed by atoms with Crippen molar-refractivity contribution in [1.82, 2.24) is 10.6 Å². The SMILES string of the molecule is CCCCCCCCCCCCOC[C@H](CSC[C@H](N)C(=O)NCCOCCOCCOCCOCCP(=O)(O)O)NC(C)=O. The van der Waals surface area contributed by atoms with Crippen molar-refractivity contribution in [2.24, 2.45) is 5.73 Å². The number of unbranched alkanes of at least 4 members (excludes halogenated alkanes) is 9. The number of nitrogens with one attached hydrogen (secondary N) is 2. The number of carbonyl (C=O) groups excluding carboxylic acids is 2. The summed E-state index contributed by atoms with van der Waals surface area (Å²) in [5.41, 5.74) is 6.03. The number of rotatable bonds is 34. The van der Waals surface area contributed by atoms with Gasteiger partial charge in [0, 0.05) is 31.6 Å². The maximum Gasteiger partial charge on any atom is 0.327 e. The molecule has 45 heavy (non-hydrogen) atoms. The number of hydrogen-bond donors (Lipinski definition) is 5. The first-order valence-electron chi connectivity index (χ1n) is 16.5. The molecular formula is C30H62N3O10PS. The zero-order valence-corrected chi connectivity index (χ0v) is 29.4. The minimum Gasteiger partial charge on any atom is -0.379 e. The van der Waals surface area contributed by atoms with Crippen LogP contribution in [-0.2, 0) is 37.8 Å². The van der Waals surface area contributed by atoms with Gasteiger partial charge < -0.3 is 49.8 Å². The molecule has 0 aliphatic rings. The number of carbonyl (C=O) groups is 2. The lowest BCUT2D eigenvalue weighted by molar-refractivity contribution is -0.122. The summed E-state index contributed by atoms with van der Waals surface area (Å²) in [7, 11) is -4.02. The van der Waals surface area contributed by atoms with Crippen LogP contribution in [0.2, 0.25) is 0 Å². The second-order valence-electron chi connectivity index (χ2n) is 10.9. The van der Waals surface area contributed by atoms with E-state index >= 15 is 0 Å². The van der Waals surface area contributed by atoms with Crippen LogP contribution in [-0.4, -0.2) is 124 Å². The van der Waals surface area contributed by atoms with Gasteiger partial charge in [-0.3, -0.25) is 14.2 Å². The van der Waals surface area contributed by atoms with Gasteiger partial charge in [0.15, 0.2) is 0 Å². The first-order valence-corrected chi connectivity index (χ1v) is 19.4. The van der Waals surface area contributed by atoms with Crippen LogP contribution in [0.3, 0.4) is 0 Å². The van der Waals surface area contributed by atoms with Crippen molar-refractivity contribution in [2.45, 2.75) is 90.1 Å². The number of nitrogens with two attached hydrogens (primary N) is 1. The Morgan fingerprint density at radius 2 is 1.24 bits per heavy atom. The Balaban J connectivity index is 3.70. The maximum atomic E-state index is 12.3. The van der Waals surface area contributed by atoms with Gasteiger partial charge >= 0.3 is 7.60 Å². The van der Waals surface area contributed by atoms with E-state index in [0.717, 1.165) is 6.42 Å².